The summed E-state index contributed by atoms with van der Waals surface area (Å²) in [4.78, 5) is 29.5. The van der Waals surface area contributed by atoms with Gasteiger partial charge in [-0.1, -0.05) is 0 Å². The number of amides is 1. The van der Waals surface area contributed by atoms with Crippen LogP contribution in [0.3, 0.4) is 0 Å². The molecule has 9 heteroatoms. The smallest absolute Gasteiger partial charge is 0.336 e. The highest BCUT2D eigenvalue weighted by Crippen LogP contribution is 2.32. The Morgan fingerprint density at radius 2 is 1.95 bits per heavy atom. The van der Waals surface area contributed by atoms with Gasteiger partial charge in [-0.2, -0.15) is 13.2 Å². The van der Waals surface area contributed by atoms with Crippen LogP contribution in [0.15, 0.2) is 18.5 Å². The van der Waals surface area contributed by atoms with E-state index in [1.54, 1.807) is 4.90 Å². The lowest BCUT2D eigenvalue weighted by atomic mass is 10.1. The minimum atomic E-state index is -4.62. The molecule has 1 aliphatic rings. The standard InChI is InChI=1S/C13H15F3N4O2/c14-13(15,16)10-1-2-18-7-9(10)12(22)20-5-3-19(4-6-20)11(17)8-21/h1-2,7-8,11H,3-6,17H2. The van der Waals surface area contributed by atoms with E-state index < -0.39 is 29.4 Å². The quantitative estimate of drug-likeness (QED) is 0.814. The summed E-state index contributed by atoms with van der Waals surface area (Å²) >= 11 is 0. The van der Waals surface area contributed by atoms with E-state index in [0.29, 0.717) is 19.4 Å². The maximum Gasteiger partial charge on any atom is 0.417 e. The maximum absolute atomic E-state index is 12.9. The number of aldehydes is 1. The number of carbonyl (C=O) groups excluding carboxylic acids is 2. The van der Waals surface area contributed by atoms with Crippen molar-refractivity contribution in [2.45, 2.75) is 12.3 Å². The lowest BCUT2D eigenvalue weighted by molar-refractivity contribution is -0.138. The number of halogens is 3. The predicted molar refractivity (Wildman–Crippen MR) is 70.8 cm³/mol. The minimum Gasteiger partial charge on any atom is -0.336 e. The van der Waals surface area contributed by atoms with Crippen molar-refractivity contribution in [3.63, 3.8) is 0 Å². The zero-order valence-corrected chi connectivity index (χ0v) is 11.6. The molecule has 1 aromatic rings. The molecule has 2 N–H and O–H groups in total. The first-order valence-corrected chi connectivity index (χ1v) is 6.60. The summed E-state index contributed by atoms with van der Waals surface area (Å²) in [6, 6.07) is 0.784. The molecule has 1 amide bonds. The van der Waals surface area contributed by atoms with Crippen LogP contribution >= 0.6 is 0 Å². The Morgan fingerprint density at radius 3 is 2.50 bits per heavy atom. The molecule has 0 aromatic carbocycles. The molecule has 2 heterocycles. The molecular weight excluding hydrogens is 301 g/mol. The van der Waals surface area contributed by atoms with Crippen LogP contribution in [-0.4, -0.2) is 59.3 Å². The van der Waals surface area contributed by atoms with E-state index >= 15 is 0 Å². The van der Waals surface area contributed by atoms with Crippen molar-refractivity contribution in [3.8, 4) is 0 Å². The van der Waals surface area contributed by atoms with Gasteiger partial charge in [0.05, 0.1) is 11.1 Å². The van der Waals surface area contributed by atoms with Crippen LogP contribution in [0, 0.1) is 0 Å². The van der Waals surface area contributed by atoms with Crippen molar-refractivity contribution in [1.29, 1.82) is 0 Å². The lowest BCUT2D eigenvalue weighted by Gasteiger charge is -2.36. The van der Waals surface area contributed by atoms with Crippen LogP contribution in [0.2, 0.25) is 0 Å². The average Bonchev–Trinajstić information content (AvgIpc) is 2.52. The second-order valence-electron chi connectivity index (χ2n) is 4.87. The Hall–Kier alpha value is -2.00. The van der Waals surface area contributed by atoms with Gasteiger partial charge in [-0.3, -0.25) is 14.7 Å². The number of piperazine rings is 1. The largest absolute Gasteiger partial charge is 0.417 e. The van der Waals surface area contributed by atoms with Gasteiger partial charge in [-0.25, -0.2) is 0 Å². The molecule has 22 heavy (non-hydrogen) atoms. The first-order valence-electron chi connectivity index (χ1n) is 6.60. The molecule has 120 valence electrons. The topological polar surface area (TPSA) is 79.5 Å². The summed E-state index contributed by atoms with van der Waals surface area (Å²) in [7, 11) is 0. The number of pyridine rings is 1. The Morgan fingerprint density at radius 1 is 1.32 bits per heavy atom. The summed E-state index contributed by atoms with van der Waals surface area (Å²) in [6.07, 6.45) is -2.87. The zero-order valence-electron chi connectivity index (χ0n) is 11.6. The number of aromatic nitrogens is 1. The predicted octanol–water partition coefficient (Wildman–Crippen LogP) is 0.342. The highest BCUT2D eigenvalue weighted by atomic mass is 19.4. The van der Waals surface area contributed by atoms with Crippen LogP contribution in [0.5, 0.6) is 0 Å². The maximum atomic E-state index is 12.9. The summed E-state index contributed by atoms with van der Waals surface area (Å²) in [5.74, 6) is -0.722. The number of nitrogens with zero attached hydrogens (tertiary/aromatic N) is 3. The monoisotopic (exact) mass is 316 g/mol. The Bertz CT molecular complexity index is 556. The van der Waals surface area contributed by atoms with Crippen molar-refractivity contribution in [2.24, 2.45) is 5.73 Å². The Balaban J connectivity index is 2.13. The molecule has 1 saturated heterocycles. The molecule has 1 unspecified atom stereocenters. The molecule has 1 aliphatic heterocycles. The Labute approximate surface area is 124 Å². The van der Waals surface area contributed by atoms with E-state index in [-0.39, 0.29) is 13.1 Å². The van der Waals surface area contributed by atoms with Gasteiger partial charge in [0, 0.05) is 38.6 Å². The number of nitrogens with two attached hydrogens (primary N) is 1. The van der Waals surface area contributed by atoms with Crippen LogP contribution in [0.4, 0.5) is 13.2 Å². The molecule has 0 aliphatic carbocycles. The number of rotatable bonds is 3. The van der Waals surface area contributed by atoms with E-state index in [1.807, 2.05) is 0 Å². The van der Waals surface area contributed by atoms with Gasteiger partial charge in [0.25, 0.3) is 5.91 Å². The summed E-state index contributed by atoms with van der Waals surface area (Å²) in [6.45, 7) is 1.06. The van der Waals surface area contributed by atoms with E-state index in [2.05, 4.69) is 4.98 Å². The number of hydrogen-bond donors (Lipinski definition) is 1. The third-order valence-corrected chi connectivity index (χ3v) is 3.52. The SMILES string of the molecule is NC(C=O)N1CCN(C(=O)c2cnccc2C(F)(F)F)CC1. The first-order chi connectivity index (χ1) is 10.3. The van der Waals surface area contributed by atoms with Crippen molar-refractivity contribution in [2.75, 3.05) is 26.2 Å². The Kier molecular flexibility index (Phi) is 4.77. The highest BCUT2D eigenvalue weighted by Gasteiger charge is 2.36. The van der Waals surface area contributed by atoms with E-state index in [4.69, 9.17) is 5.73 Å². The zero-order chi connectivity index (χ0) is 16.3. The third-order valence-electron chi connectivity index (χ3n) is 3.52. The normalized spacial score (nSPS) is 18.1. The summed E-state index contributed by atoms with van der Waals surface area (Å²) in [5.41, 5.74) is 4.09. The highest BCUT2D eigenvalue weighted by molar-refractivity contribution is 5.95. The lowest BCUT2D eigenvalue weighted by Crippen LogP contribution is -2.55. The average molecular weight is 316 g/mol. The van der Waals surface area contributed by atoms with E-state index in [1.165, 1.54) is 4.90 Å². The first kappa shape index (κ1) is 16.4. The van der Waals surface area contributed by atoms with Crippen molar-refractivity contribution in [1.82, 2.24) is 14.8 Å². The van der Waals surface area contributed by atoms with Crippen molar-refractivity contribution in [3.05, 3.63) is 29.6 Å². The second kappa shape index (κ2) is 6.41. The van der Waals surface area contributed by atoms with Crippen molar-refractivity contribution < 1.29 is 22.8 Å². The van der Waals surface area contributed by atoms with Gasteiger partial charge < -0.3 is 15.4 Å². The molecule has 0 saturated carbocycles. The second-order valence-corrected chi connectivity index (χ2v) is 4.87. The number of carbonyl (C=O) groups is 2. The van der Waals surface area contributed by atoms with Crippen LogP contribution in [0.1, 0.15) is 15.9 Å². The fourth-order valence-electron chi connectivity index (χ4n) is 2.29. The van der Waals surface area contributed by atoms with Gasteiger partial charge in [0.15, 0.2) is 6.29 Å². The van der Waals surface area contributed by atoms with Crippen LogP contribution in [0.25, 0.3) is 0 Å². The van der Waals surface area contributed by atoms with Crippen LogP contribution < -0.4 is 5.73 Å². The van der Waals surface area contributed by atoms with Gasteiger partial charge >= 0.3 is 6.18 Å². The minimum absolute atomic E-state index is 0.201. The number of hydrogen-bond acceptors (Lipinski definition) is 5. The van der Waals surface area contributed by atoms with Gasteiger partial charge in [-0.05, 0) is 6.07 Å². The van der Waals surface area contributed by atoms with Gasteiger partial charge in [0.1, 0.15) is 6.17 Å². The molecule has 1 fully saturated rings. The molecular formula is C13H15F3N4O2. The van der Waals surface area contributed by atoms with Gasteiger partial charge in [-0.15, -0.1) is 0 Å². The molecule has 2 rings (SSSR count). The van der Waals surface area contributed by atoms with Crippen LogP contribution in [-0.2, 0) is 11.0 Å². The molecule has 0 radical (unpaired) electrons. The summed E-state index contributed by atoms with van der Waals surface area (Å²) in [5, 5.41) is 0. The fourth-order valence-corrected chi connectivity index (χ4v) is 2.29. The molecule has 6 nitrogen and oxygen atoms in total. The molecule has 0 bridgehead atoms. The molecule has 1 aromatic heterocycles. The fraction of sp³-hybridized carbons (Fsp3) is 0.462. The molecule has 0 spiro atoms. The van der Waals surface area contributed by atoms with E-state index in [9.17, 15) is 22.8 Å². The van der Waals surface area contributed by atoms with Crippen molar-refractivity contribution >= 4 is 12.2 Å². The summed E-state index contributed by atoms with van der Waals surface area (Å²) < 4.78 is 38.8. The third kappa shape index (κ3) is 3.42. The molecule has 1 atom stereocenters. The number of alkyl halides is 3. The van der Waals surface area contributed by atoms with E-state index in [0.717, 1.165) is 18.5 Å². The van der Waals surface area contributed by atoms with Gasteiger partial charge in [0.2, 0.25) is 0 Å².